The van der Waals surface area contributed by atoms with Crippen molar-refractivity contribution in [2.45, 2.75) is 6.42 Å². The Morgan fingerprint density at radius 3 is 2.71 bits per heavy atom. The van der Waals surface area contributed by atoms with Crippen molar-refractivity contribution >= 4 is 11.9 Å². The molecule has 0 aliphatic heterocycles. The summed E-state index contributed by atoms with van der Waals surface area (Å²) in [7, 11) is 3.05. The number of anilines is 1. The maximum absolute atomic E-state index is 12.5. The van der Waals surface area contributed by atoms with E-state index >= 15 is 0 Å². The van der Waals surface area contributed by atoms with Crippen molar-refractivity contribution < 1.29 is 18.8 Å². The van der Waals surface area contributed by atoms with E-state index in [0.717, 1.165) is 11.1 Å². The fraction of sp³-hybridized carbons (Fsp3) is 0.158. The van der Waals surface area contributed by atoms with Crippen LogP contribution in [0.25, 0.3) is 11.4 Å². The van der Waals surface area contributed by atoms with Crippen molar-refractivity contribution in [1.82, 2.24) is 20.6 Å². The smallest absolute Gasteiger partial charge is 0.340 e. The van der Waals surface area contributed by atoms with Gasteiger partial charge in [0.1, 0.15) is 0 Å². The number of carbonyl (C=O) groups excluding carboxylic acids is 1. The van der Waals surface area contributed by atoms with Crippen LogP contribution in [0.2, 0.25) is 0 Å². The van der Waals surface area contributed by atoms with Gasteiger partial charge in [0.05, 0.1) is 14.2 Å². The number of hydrogen-bond donors (Lipinski definition) is 2. The Labute approximate surface area is 161 Å². The van der Waals surface area contributed by atoms with E-state index in [1.165, 1.54) is 7.11 Å². The monoisotopic (exact) mass is 381 g/mol. The predicted octanol–water partition coefficient (Wildman–Crippen LogP) is 2.63. The van der Waals surface area contributed by atoms with Crippen molar-refractivity contribution in [3.8, 4) is 22.9 Å². The first kappa shape index (κ1) is 18.9. The molecule has 2 aromatic heterocycles. The summed E-state index contributed by atoms with van der Waals surface area (Å²) in [6.07, 6.45) is 5.49. The maximum Gasteiger partial charge on any atom is 0.340 e. The van der Waals surface area contributed by atoms with Crippen LogP contribution in [0, 0.1) is 0 Å². The van der Waals surface area contributed by atoms with Gasteiger partial charge in [-0.05, 0) is 30.7 Å². The Hall–Kier alpha value is -3.88. The van der Waals surface area contributed by atoms with Crippen LogP contribution in [0.3, 0.4) is 0 Å². The van der Waals surface area contributed by atoms with Crippen molar-refractivity contribution in [3.63, 3.8) is 0 Å². The van der Waals surface area contributed by atoms with Crippen molar-refractivity contribution in [2.75, 3.05) is 19.6 Å². The second kappa shape index (κ2) is 8.67. The topological polar surface area (TPSA) is 111 Å². The van der Waals surface area contributed by atoms with Crippen LogP contribution in [0.5, 0.6) is 11.5 Å². The molecule has 2 heterocycles. The van der Waals surface area contributed by atoms with E-state index in [4.69, 9.17) is 14.0 Å². The fourth-order valence-corrected chi connectivity index (χ4v) is 2.56. The summed E-state index contributed by atoms with van der Waals surface area (Å²) >= 11 is 0. The van der Waals surface area contributed by atoms with Gasteiger partial charge >= 0.3 is 6.01 Å². The van der Waals surface area contributed by atoms with Gasteiger partial charge in [-0.1, -0.05) is 11.2 Å². The molecular weight excluding hydrogens is 362 g/mol. The summed E-state index contributed by atoms with van der Waals surface area (Å²) in [5.74, 6) is 0.976. The largest absolute Gasteiger partial charge is 0.493 e. The van der Waals surface area contributed by atoms with Gasteiger partial charge in [-0.2, -0.15) is 4.98 Å². The van der Waals surface area contributed by atoms with Gasteiger partial charge in [-0.25, -0.2) is 5.43 Å². The number of pyridine rings is 1. The molecular formula is C19H19N5O4. The molecule has 0 saturated carbocycles. The molecule has 0 aliphatic carbocycles. The van der Waals surface area contributed by atoms with E-state index in [9.17, 15) is 4.79 Å². The Balaban J connectivity index is 1.74. The number of nitrogens with zero attached hydrogens (tertiary/aromatic N) is 3. The Bertz CT molecular complexity index is 972. The molecule has 9 heteroatoms. The molecule has 3 aromatic rings. The van der Waals surface area contributed by atoms with Crippen LogP contribution in [-0.4, -0.2) is 35.3 Å². The minimum Gasteiger partial charge on any atom is -0.493 e. The van der Waals surface area contributed by atoms with Gasteiger partial charge in [-0.15, -0.1) is 6.58 Å². The average Bonchev–Trinajstić information content (AvgIpc) is 3.21. The Morgan fingerprint density at radius 2 is 2.04 bits per heavy atom. The van der Waals surface area contributed by atoms with Gasteiger partial charge in [-0.3, -0.25) is 15.2 Å². The number of allylic oxidation sites excluding steroid dienone is 1. The molecule has 3 rings (SSSR count). The quantitative estimate of drug-likeness (QED) is 0.452. The lowest BCUT2D eigenvalue weighted by atomic mass is 10.1. The van der Waals surface area contributed by atoms with Crippen molar-refractivity contribution in [2.24, 2.45) is 0 Å². The van der Waals surface area contributed by atoms with Crippen LogP contribution in [-0.2, 0) is 6.42 Å². The number of aromatic nitrogens is 3. The van der Waals surface area contributed by atoms with Crippen LogP contribution in [0.4, 0.5) is 6.01 Å². The van der Waals surface area contributed by atoms with Crippen LogP contribution in [0.15, 0.2) is 53.8 Å². The molecule has 0 fully saturated rings. The highest BCUT2D eigenvalue weighted by atomic mass is 16.5. The highest BCUT2D eigenvalue weighted by molar-refractivity contribution is 5.95. The zero-order chi connectivity index (χ0) is 19.9. The third kappa shape index (κ3) is 4.09. The van der Waals surface area contributed by atoms with Gasteiger partial charge in [0.25, 0.3) is 5.91 Å². The second-order valence-electron chi connectivity index (χ2n) is 5.60. The predicted molar refractivity (Wildman–Crippen MR) is 102 cm³/mol. The Kier molecular flexibility index (Phi) is 5.85. The first-order valence-electron chi connectivity index (χ1n) is 8.32. The molecule has 0 saturated heterocycles. The molecule has 1 amide bonds. The Morgan fingerprint density at radius 1 is 1.25 bits per heavy atom. The number of benzene rings is 1. The van der Waals surface area contributed by atoms with Crippen molar-refractivity contribution in [1.29, 1.82) is 0 Å². The number of hydrazine groups is 1. The molecule has 28 heavy (non-hydrogen) atoms. The van der Waals surface area contributed by atoms with Crippen molar-refractivity contribution in [3.05, 3.63) is 60.4 Å². The van der Waals surface area contributed by atoms with Crippen LogP contribution < -0.4 is 20.3 Å². The molecule has 0 bridgehead atoms. The first-order chi connectivity index (χ1) is 13.7. The summed E-state index contributed by atoms with van der Waals surface area (Å²) in [5.41, 5.74) is 7.01. The van der Waals surface area contributed by atoms with Gasteiger partial charge in [0.15, 0.2) is 11.5 Å². The molecule has 0 atom stereocenters. The summed E-state index contributed by atoms with van der Waals surface area (Å²) in [5, 5.41) is 3.85. The molecule has 0 aliphatic rings. The molecule has 2 N–H and O–H groups in total. The summed E-state index contributed by atoms with van der Waals surface area (Å²) in [6.45, 7) is 3.72. The van der Waals surface area contributed by atoms with E-state index in [1.807, 2.05) is 0 Å². The van der Waals surface area contributed by atoms with E-state index in [1.54, 1.807) is 49.8 Å². The number of carbonyl (C=O) groups is 1. The minimum absolute atomic E-state index is 0.0481. The summed E-state index contributed by atoms with van der Waals surface area (Å²) in [4.78, 5) is 20.6. The number of nitrogens with one attached hydrogen (secondary N) is 2. The highest BCUT2D eigenvalue weighted by Gasteiger charge is 2.16. The standard InChI is InChI=1S/C19H19N5O4/c1-4-5-13-10-14(11-15(26-2)16(13)27-3)18(25)22-23-19-21-17(24-28-19)12-6-8-20-9-7-12/h4,6-11H,1,5H2,2-3H3,(H,22,25)(H,21,23,24). The second-order valence-corrected chi connectivity index (χ2v) is 5.60. The zero-order valence-electron chi connectivity index (χ0n) is 15.4. The maximum atomic E-state index is 12.5. The SMILES string of the molecule is C=CCc1cc(C(=O)NNc2nc(-c3ccncc3)no2)cc(OC)c1OC. The molecule has 0 spiro atoms. The molecule has 0 unspecified atom stereocenters. The number of rotatable bonds is 8. The molecule has 144 valence electrons. The van der Waals surface area contributed by atoms with Gasteiger partial charge in [0.2, 0.25) is 5.82 Å². The van der Waals surface area contributed by atoms with E-state index in [0.29, 0.717) is 29.3 Å². The normalized spacial score (nSPS) is 10.2. The summed E-state index contributed by atoms with van der Waals surface area (Å²) in [6, 6.07) is 6.83. The molecule has 1 aromatic carbocycles. The third-order valence-electron chi connectivity index (χ3n) is 3.83. The number of amides is 1. The lowest BCUT2D eigenvalue weighted by molar-refractivity contribution is 0.0960. The van der Waals surface area contributed by atoms with Gasteiger partial charge in [0, 0.05) is 29.1 Å². The zero-order valence-corrected chi connectivity index (χ0v) is 15.4. The lowest BCUT2D eigenvalue weighted by Crippen LogP contribution is -2.29. The van der Waals surface area contributed by atoms with E-state index in [-0.39, 0.29) is 6.01 Å². The highest BCUT2D eigenvalue weighted by Crippen LogP contribution is 2.33. The minimum atomic E-state index is -0.407. The summed E-state index contributed by atoms with van der Waals surface area (Å²) < 4.78 is 15.8. The van der Waals surface area contributed by atoms with Crippen LogP contribution in [0.1, 0.15) is 15.9 Å². The van der Waals surface area contributed by atoms with E-state index in [2.05, 4.69) is 32.6 Å². The lowest BCUT2D eigenvalue weighted by Gasteiger charge is -2.14. The molecule has 0 radical (unpaired) electrons. The van der Waals surface area contributed by atoms with Crippen LogP contribution >= 0.6 is 0 Å². The average molecular weight is 381 g/mol. The first-order valence-corrected chi connectivity index (χ1v) is 8.32. The number of methoxy groups -OCH3 is 2. The fourth-order valence-electron chi connectivity index (χ4n) is 2.56. The third-order valence-corrected chi connectivity index (χ3v) is 3.83. The van der Waals surface area contributed by atoms with Gasteiger partial charge < -0.3 is 14.0 Å². The molecule has 9 nitrogen and oxygen atoms in total. The number of ether oxygens (including phenoxy) is 2. The van der Waals surface area contributed by atoms with E-state index < -0.39 is 5.91 Å². The number of hydrogen-bond acceptors (Lipinski definition) is 8.